The Morgan fingerprint density at radius 3 is 2.52 bits per heavy atom. The molecule has 1 heterocycles. The zero-order chi connectivity index (χ0) is 15.9. The van der Waals surface area contributed by atoms with Gasteiger partial charge in [0.1, 0.15) is 10.9 Å². The number of sulfonamides is 1. The molecule has 0 amide bonds. The van der Waals surface area contributed by atoms with Crippen LogP contribution in [0.1, 0.15) is 6.42 Å². The van der Waals surface area contributed by atoms with Crippen LogP contribution in [0.3, 0.4) is 0 Å². The lowest BCUT2D eigenvalue weighted by atomic mass is 10.2. The molecule has 7 nitrogen and oxygen atoms in total. The van der Waals surface area contributed by atoms with Crippen LogP contribution in [0.2, 0.25) is 10.0 Å². The number of benzene rings is 1. The summed E-state index contributed by atoms with van der Waals surface area (Å²) < 4.78 is 25.6. The Morgan fingerprint density at radius 1 is 1.33 bits per heavy atom. The number of β-amino-alcohol motifs (C(OH)–C–C–N with tert-alkyl or cyclic N) is 1. The Hall–Kier alpha value is -1.06. The van der Waals surface area contributed by atoms with E-state index in [1.165, 1.54) is 0 Å². The molecule has 0 radical (unpaired) electrons. The molecule has 0 aromatic heterocycles. The first-order valence-electron chi connectivity index (χ1n) is 5.75. The van der Waals surface area contributed by atoms with Crippen molar-refractivity contribution >= 4 is 39.2 Å². The predicted octanol–water partition coefficient (Wildman–Crippen LogP) is 0.908. The van der Waals surface area contributed by atoms with E-state index in [-0.39, 0.29) is 23.0 Å². The summed E-state index contributed by atoms with van der Waals surface area (Å²) in [5.41, 5.74) is 0. The Morgan fingerprint density at radius 2 is 1.95 bits per heavy atom. The summed E-state index contributed by atoms with van der Waals surface area (Å²) in [7, 11) is -4.37. The quantitative estimate of drug-likeness (QED) is 0.742. The molecule has 1 aliphatic heterocycles. The maximum absolute atomic E-state index is 12.5. The van der Waals surface area contributed by atoms with E-state index in [0.717, 1.165) is 12.1 Å². The number of hydrogen-bond donors (Lipinski definition) is 3. The van der Waals surface area contributed by atoms with Gasteiger partial charge in [-0.2, -0.15) is 4.31 Å². The summed E-state index contributed by atoms with van der Waals surface area (Å²) in [4.78, 5) is 10.5. The molecule has 0 bridgehead atoms. The van der Waals surface area contributed by atoms with Gasteiger partial charge in [-0.1, -0.05) is 23.2 Å². The standard InChI is InChI=1S/C11H11Cl2NO6S/c12-5-1-7(13)10(16)9(2-5)21(19,20)14-4-6(15)3-8(14)11(17)18/h1-2,6,8,15-16H,3-4H2,(H,17,18)/t6-,8+/m1/s1. The van der Waals surface area contributed by atoms with E-state index in [1.807, 2.05) is 0 Å². The van der Waals surface area contributed by atoms with E-state index in [1.54, 1.807) is 0 Å². The van der Waals surface area contributed by atoms with Crippen molar-refractivity contribution in [3.8, 4) is 5.75 Å². The Bertz CT molecular complexity index is 692. The highest BCUT2D eigenvalue weighted by molar-refractivity contribution is 7.89. The third-order valence-electron chi connectivity index (χ3n) is 3.10. The Kier molecular flexibility index (Phi) is 4.36. The van der Waals surface area contributed by atoms with Crippen LogP contribution in [0.25, 0.3) is 0 Å². The van der Waals surface area contributed by atoms with Crippen molar-refractivity contribution in [1.82, 2.24) is 4.31 Å². The first-order valence-corrected chi connectivity index (χ1v) is 7.95. The zero-order valence-corrected chi connectivity index (χ0v) is 12.7. The number of nitrogens with zero attached hydrogens (tertiary/aromatic N) is 1. The fourth-order valence-electron chi connectivity index (χ4n) is 2.14. The number of carboxylic acid groups (broad SMARTS) is 1. The molecule has 1 aromatic carbocycles. The molecule has 2 rings (SSSR count). The molecular weight excluding hydrogens is 345 g/mol. The summed E-state index contributed by atoms with van der Waals surface area (Å²) in [5.74, 6) is -2.10. The highest BCUT2D eigenvalue weighted by Crippen LogP contribution is 2.37. The van der Waals surface area contributed by atoms with E-state index < -0.39 is 38.8 Å². The molecule has 10 heteroatoms. The molecule has 21 heavy (non-hydrogen) atoms. The van der Waals surface area contributed by atoms with Crippen molar-refractivity contribution in [3.05, 3.63) is 22.2 Å². The van der Waals surface area contributed by atoms with Gasteiger partial charge in [0.2, 0.25) is 10.0 Å². The van der Waals surface area contributed by atoms with Crippen LogP contribution in [0.4, 0.5) is 0 Å². The topological polar surface area (TPSA) is 115 Å². The van der Waals surface area contributed by atoms with Crippen molar-refractivity contribution in [2.75, 3.05) is 6.54 Å². The van der Waals surface area contributed by atoms with Crippen LogP contribution in [0, 0.1) is 0 Å². The number of aliphatic carboxylic acids is 1. The van der Waals surface area contributed by atoms with Gasteiger partial charge in [0.25, 0.3) is 0 Å². The van der Waals surface area contributed by atoms with Gasteiger partial charge in [-0.15, -0.1) is 0 Å². The van der Waals surface area contributed by atoms with Crippen LogP contribution in [0.5, 0.6) is 5.75 Å². The molecule has 0 unspecified atom stereocenters. The third kappa shape index (κ3) is 2.95. The fourth-order valence-corrected chi connectivity index (χ4v) is 4.52. The van der Waals surface area contributed by atoms with Gasteiger partial charge in [-0.25, -0.2) is 8.42 Å². The van der Waals surface area contributed by atoms with Crippen molar-refractivity contribution < 1.29 is 28.5 Å². The minimum Gasteiger partial charge on any atom is -0.505 e. The molecule has 0 aliphatic carbocycles. The first kappa shape index (κ1) is 16.3. The van der Waals surface area contributed by atoms with Crippen molar-refractivity contribution in [2.24, 2.45) is 0 Å². The van der Waals surface area contributed by atoms with Crippen LogP contribution in [-0.2, 0) is 14.8 Å². The number of hydrogen-bond acceptors (Lipinski definition) is 5. The van der Waals surface area contributed by atoms with Gasteiger partial charge >= 0.3 is 5.97 Å². The SMILES string of the molecule is O=C(O)[C@@H]1C[C@@H](O)CN1S(=O)(=O)c1cc(Cl)cc(Cl)c1O. The maximum atomic E-state index is 12.5. The largest absolute Gasteiger partial charge is 0.505 e. The van der Waals surface area contributed by atoms with E-state index in [2.05, 4.69) is 0 Å². The normalized spacial score (nSPS) is 23.4. The molecule has 1 fully saturated rings. The van der Waals surface area contributed by atoms with Gasteiger partial charge in [-0.3, -0.25) is 4.79 Å². The molecule has 0 spiro atoms. The number of aliphatic hydroxyl groups excluding tert-OH is 1. The second-order valence-electron chi connectivity index (χ2n) is 4.55. The second-order valence-corrected chi connectivity index (χ2v) is 7.26. The first-order chi connectivity index (χ1) is 9.64. The molecule has 2 atom stereocenters. The summed E-state index contributed by atoms with van der Waals surface area (Å²) in [6.45, 7) is -0.386. The number of halogens is 2. The maximum Gasteiger partial charge on any atom is 0.322 e. The van der Waals surface area contributed by atoms with Gasteiger partial charge in [0, 0.05) is 18.0 Å². The van der Waals surface area contributed by atoms with Crippen molar-refractivity contribution in [3.63, 3.8) is 0 Å². The summed E-state index contributed by atoms with van der Waals surface area (Å²) >= 11 is 11.4. The lowest BCUT2D eigenvalue weighted by Gasteiger charge is -2.21. The molecular formula is C11H11Cl2NO6S. The summed E-state index contributed by atoms with van der Waals surface area (Å²) in [5, 5.41) is 28.1. The molecule has 0 saturated carbocycles. The van der Waals surface area contributed by atoms with Crippen LogP contribution in [-0.4, -0.2) is 52.7 Å². The number of rotatable bonds is 3. The summed E-state index contributed by atoms with van der Waals surface area (Å²) in [6, 6.07) is 0.717. The fraction of sp³-hybridized carbons (Fsp3) is 0.364. The third-order valence-corrected chi connectivity index (χ3v) is 5.49. The van der Waals surface area contributed by atoms with Crippen LogP contribution >= 0.6 is 23.2 Å². The molecule has 1 saturated heterocycles. The van der Waals surface area contributed by atoms with Gasteiger partial charge < -0.3 is 15.3 Å². The van der Waals surface area contributed by atoms with Gasteiger partial charge in [-0.05, 0) is 12.1 Å². The van der Waals surface area contributed by atoms with E-state index in [9.17, 15) is 23.4 Å². The zero-order valence-electron chi connectivity index (χ0n) is 10.4. The number of carboxylic acids is 1. The van der Waals surface area contributed by atoms with Gasteiger partial charge in [0.15, 0.2) is 5.75 Å². The minimum atomic E-state index is -4.37. The van der Waals surface area contributed by atoms with E-state index in [0.29, 0.717) is 4.31 Å². The second kappa shape index (κ2) is 5.62. The average Bonchev–Trinajstić information content (AvgIpc) is 2.76. The monoisotopic (exact) mass is 355 g/mol. The minimum absolute atomic E-state index is 0.0250. The number of carbonyl (C=O) groups is 1. The number of phenols is 1. The average molecular weight is 356 g/mol. The van der Waals surface area contributed by atoms with Crippen molar-refractivity contribution in [1.29, 1.82) is 0 Å². The molecule has 1 aliphatic rings. The smallest absolute Gasteiger partial charge is 0.322 e. The lowest BCUT2D eigenvalue weighted by Crippen LogP contribution is -2.40. The highest BCUT2D eigenvalue weighted by Gasteiger charge is 2.44. The Labute approximate surface area is 130 Å². The molecule has 1 aromatic rings. The van der Waals surface area contributed by atoms with Crippen molar-refractivity contribution in [2.45, 2.75) is 23.5 Å². The summed E-state index contributed by atoms with van der Waals surface area (Å²) in [6.07, 6.45) is -1.33. The van der Waals surface area contributed by atoms with Crippen LogP contribution < -0.4 is 0 Å². The van der Waals surface area contributed by atoms with Crippen LogP contribution in [0.15, 0.2) is 17.0 Å². The van der Waals surface area contributed by atoms with E-state index in [4.69, 9.17) is 28.3 Å². The Balaban J connectivity index is 2.54. The molecule has 3 N–H and O–H groups in total. The predicted molar refractivity (Wildman–Crippen MR) is 74.1 cm³/mol. The lowest BCUT2D eigenvalue weighted by molar-refractivity contribution is -0.140. The number of phenolic OH excluding ortho intramolecular Hbond substituents is 1. The molecule has 116 valence electrons. The highest BCUT2D eigenvalue weighted by atomic mass is 35.5. The number of aliphatic hydroxyl groups is 1. The van der Waals surface area contributed by atoms with E-state index >= 15 is 0 Å². The van der Waals surface area contributed by atoms with Gasteiger partial charge in [0.05, 0.1) is 11.1 Å². The number of aromatic hydroxyl groups is 1.